The van der Waals surface area contributed by atoms with E-state index in [4.69, 9.17) is 5.73 Å². The van der Waals surface area contributed by atoms with Gasteiger partial charge in [-0.1, -0.05) is 6.92 Å². The van der Waals surface area contributed by atoms with Crippen LogP contribution in [0.25, 0.3) is 0 Å². The molecule has 0 aromatic heterocycles. The molecular formula is C15H25N3O2S. The molecule has 0 aliphatic carbocycles. The van der Waals surface area contributed by atoms with E-state index in [2.05, 4.69) is 17.1 Å². The van der Waals surface area contributed by atoms with Crippen LogP contribution in [0.2, 0.25) is 0 Å². The second kappa shape index (κ2) is 6.66. The van der Waals surface area contributed by atoms with Crippen LogP contribution in [0, 0.1) is 5.92 Å². The van der Waals surface area contributed by atoms with Crippen LogP contribution >= 0.6 is 0 Å². The fraction of sp³-hybridized carbons (Fsp3) is 0.600. The summed E-state index contributed by atoms with van der Waals surface area (Å²) < 4.78 is 22.9. The second-order valence-electron chi connectivity index (χ2n) is 6.02. The molecule has 1 unspecified atom stereocenters. The van der Waals surface area contributed by atoms with Crippen molar-refractivity contribution in [1.29, 1.82) is 0 Å². The standard InChI is InChI=1S/C15H25N3O2S/c1-12(11-18-7-3-4-8-18)10-17-15-6-5-13(9-14(15)16)21(2,19)20/h5-6,9,12,17H,3-4,7-8,10-11,16H2,1-2H3. The lowest BCUT2D eigenvalue weighted by Crippen LogP contribution is -2.29. The lowest BCUT2D eigenvalue weighted by Gasteiger charge is -2.21. The Morgan fingerprint density at radius 1 is 1.33 bits per heavy atom. The molecule has 1 atom stereocenters. The molecule has 0 radical (unpaired) electrons. The van der Waals surface area contributed by atoms with Crippen molar-refractivity contribution in [3.63, 3.8) is 0 Å². The van der Waals surface area contributed by atoms with Crippen molar-refractivity contribution in [3.05, 3.63) is 18.2 Å². The summed E-state index contributed by atoms with van der Waals surface area (Å²) in [5.74, 6) is 0.525. The minimum atomic E-state index is -3.20. The SMILES string of the molecule is CC(CNc1ccc(S(C)(=O)=O)cc1N)CN1CCCC1. The number of hydrogen-bond acceptors (Lipinski definition) is 5. The quantitative estimate of drug-likeness (QED) is 0.784. The summed E-state index contributed by atoms with van der Waals surface area (Å²) in [6.45, 7) is 6.55. The Morgan fingerprint density at radius 3 is 2.57 bits per heavy atom. The molecule has 0 bridgehead atoms. The van der Waals surface area contributed by atoms with E-state index in [1.165, 1.54) is 38.3 Å². The predicted octanol–water partition coefficient (Wildman–Crippen LogP) is 1.82. The third-order valence-electron chi connectivity index (χ3n) is 3.86. The molecule has 0 amide bonds. The molecule has 1 heterocycles. The molecule has 0 saturated carbocycles. The molecule has 1 aromatic rings. The topological polar surface area (TPSA) is 75.4 Å². The molecule has 5 nitrogen and oxygen atoms in total. The highest BCUT2D eigenvalue weighted by atomic mass is 32.2. The van der Waals surface area contributed by atoms with E-state index in [0.717, 1.165) is 18.8 Å². The Morgan fingerprint density at radius 2 is 2.00 bits per heavy atom. The first-order valence-electron chi connectivity index (χ1n) is 7.42. The molecule has 118 valence electrons. The van der Waals surface area contributed by atoms with Gasteiger partial charge in [0, 0.05) is 19.3 Å². The summed E-state index contributed by atoms with van der Waals surface area (Å²) in [6, 6.07) is 4.86. The number of sulfone groups is 1. The van der Waals surface area contributed by atoms with E-state index in [0.29, 0.717) is 11.6 Å². The lowest BCUT2D eigenvalue weighted by atomic mass is 10.1. The van der Waals surface area contributed by atoms with E-state index in [-0.39, 0.29) is 4.90 Å². The number of nitrogens with one attached hydrogen (secondary N) is 1. The van der Waals surface area contributed by atoms with Gasteiger partial charge in [-0.3, -0.25) is 0 Å². The fourth-order valence-corrected chi connectivity index (χ4v) is 3.34. The fourth-order valence-electron chi connectivity index (χ4n) is 2.69. The van der Waals surface area contributed by atoms with Crippen molar-refractivity contribution in [3.8, 4) is 0 Å². The van der Waals surface area contributed by atoms with E-state index < -0.39 is 9.84 Å². The molecule has 2 rings (SSSR count). The van der Waals surface area contributed by atoms with Crippen LogP contribution in [0.15, 0.2) is 23.1 Å². The Balaban J connectivity index is 1.90. The van der Waals surface area contributed by atoms with Gasteiger partial charge < -0.3 is 16.0 Å². The molecule has 1 aliphatic heterocycles. The van der Waals surface area contributed by atoms with E-state index in [9.17, 15) is 8.42 Å². The van der Waals surface area contributed by atoms with Gasteiger partial charge in [-0.2, -0.15) is 0 Å². The average molecular weight is 311 g/mol. The van der Waals surface area contributed by atoms with Gasteiger partial charge >= 0.3 is 0 Å². The third-order valence-corrected chi connectivity index (χ3v) is 4.97. The van der Waals surface area contributed by atoms with E-state index in [1.54, 1.807) is 12.1 Å². The van der Waals surface area contributed by atoms with Crippen LogP contribution < -0.4 is 11.1 Å². The second-order valence-corrected chi connectivity index (χ2v) is 8.03. The Kier molecular flexibility index (Phi) is 5.11. The van der Waals surface area contributed by atoms with E-state index >= 15 is 0 Å². The average Bonchev–Trinajstić information content (AvgIpc) is 2.89. The van der Waals surface area contributed by atoms with Gasteiger partial charge in [0.2, 0.25) is 0 Å². The maximum absolute atomic E-state index is 11.5. The summed E-state index contributed by atoms with van der Waals surface area (Å²) >= 11 is 0. The van der Waals surface area contributed by atoms with Crippen molar-refractivity contribution in [1.82, 2.24) is 4.90 Å². The van der Waals surface area contributed by atoms with Gasteiger partial charge in [-0.25, -0.2) is 8.42 Å². The third kappa shape index (κ3) is 4.61. The van der Waals surface area contributed by atoms with Gasteiger partial charge in [0.15, 0.2) is 9.84 Å². The van der Waals surface area contributed by atoms with Crippen molar-refractivity contribution < 1.29 is 8.42 Å². The zero-order chi connectivity index (χ0) is 15.5. The maximum atomic E-state index is 11.5. The molecular weight excluding hydrogens is 286 g/mol. The van der Waals surface area contributed by atoms with Gasteiger partial charge in [0.1, 0.15) is 0 Å². The highest BCUT2D eigenvalue weighted by Crippen LogP contribution is 2.23. The molecule has 1 aromatic carbocycles. The first-order chi connectivity index (χ1) is 9.86. The highest BCUT2D eigenvalue weighted by molar-refractivity contribution is 7.90. The molecule has 3 N–H and O–H groups in total. The minimum Gasteiger partial charge on any atom is -0.397 e. The number of anilines is 2. The number of benzene rings is 1. The number of nitrogen functional groups attached to an aromatic ring is 1. The normalized spacial score (nSPS) is 17.8. The number of nitrogens with two attached hydrogens (primary N) is 1. The predicted molar refractivity (Wildman–Crippen MR) is 87.3 cm³/mol. The summed E-state index contributed by atoms with van der Waals surface area (Å²) in [5.41, 5.74) is 7.21. The first kappa shape index (κ1) is 16.1. The van der Waals surface area contributed by atoms with Crippen LogP contribution in [-0.4, -0.2) is 45.8 Å². The Bertz CT molecular complexity index is 581. The Hall–Kier alpha value is -1.27. The first-order valence-corrected chi connectivity index (χ1v) is 9.31. The molecule has 1 fully saturated rings. The zero-order valence-electron chi connectivity index (χ0n) is 12.8. The van der Waals surface area contributed by atoms with Crippen molar-refractivity contribution in [2.75, 3.05) is 43.5 Å². The summed E-state index contributed by atoms with van der Waals surface area (Å²) in [4.78, 5) is 2.75. The summed E-state index contributed by atoms with van der Waals surface area (Å²) in [5, 5.41) is 3.32. The van der Waals surface area contributed by atoms with Crippen LogP contribution in [0.4, 0.5) is 11.4 Å². The lowest BCUT2D eigenvalue weighted by molar-refractivity contribution is 0.294. The van der Waals surface area contributed by atoms with Crippen LogP contribution in [0.1, 0.15) is 19.8 Å². The van der Waals surface area contributed by atoms with E-state index in [1.807, 2.05) is 0 Å². The highest BCUT2D eigenvalue weighted by Gasteiger charge is 2.15. The molecule has 1 saturated heterocycles. The number of hydrogen-bond donors (Lipinski definition) is 2. The van der Waals surface area contributed by atoms with Crippen LogP contribution in [0.5, 0.6) is 0 Å². The van der Waals surface area contributed by atoms with Crippen LogP contribution in [-0.2, 0) is 9.84 Å². The maximum Gasteiger partial charge on any atom is 0.175 e. The van der Waals surface area contributed by atoms with Crippen molar-refractivity contribution in [2.45, 2.75) is 24.7 Å². The summed E-state index contributed by atoms with van der Waals surface area (Å²) in [6.07, 6.45) is 3.80. The molecule has 6 heteroatoms. The Labute approximate surface area is 127 Å². The molecule has 21 heavy (non-hydrogen) atoms. The summed E-state index contributed by atoms with van der Waals surface area (Å²) in [7, 11) is -3.20. The zero-order valence-corrected chi connectivity index (χ0v) is 13.6. The largest absolute Gasteiger partial charge is 0.397 e. The van der Waals surface area contributed by atoms with Gasteiger partial charge in [0.05, 0.1) is 16.3 Å². The van der Waals surface area contributed by atoms with Gasteiger partial charge in [-0.15, -0.1) is 0 Å². The van der Waals surface area contributed by atoms with Crippen LogP contribution in [0.3, 0.4) is 0 Å². The molecule has 1 aliphatic rings. The van der Waals surface area contributed by atoms with Crippen molar-refractivity contribution in [2.24, 2.45) is 5.92 Å². The van der Waals surface area contributed by atoms with Crippen molar-refractivity contribution >= 4 is 21.2 Å². The molecule has 0 spiro atoms. The minimum absolute atomic E-state index is 0.260. The van der Waals surface area contributed by atoms with Gasteiger partial charge in [0.25, 0.3) is 0 Å². The van der Waals surface area contributed by atoms with Gasteiger partial charge in [-0.05, 0) is 50.0 Å². The number of rotatable bonds is 6. The number of likely N-dealkylation sites (tertiary alicyclic amines) is 1. The monoisotopic (exact) mass is 311 g/mol. The smallest absolute Gasteiger partial charge is 0.175 e. The number of nitrogens with zero attached hydrogens (tertiary/aromatic N) is 1.